The van der Waals surface area contributed by atoms with Crippen molar-refractivity contribution < 1.29 is 4.74 Å². The van der Waals surface area contributed by atoms with E-state index in [1.165, 1.54) is 5.56 Å². The maximum atomic E-state index is 5.56. The van der Waals surface area contributed by atoms with Crippen LogP contribution in [0.1, 0.15) is 11.1 Å². The van der Waals surface area contributed by atoms with Crippen LogP contribution in [-0.4, -0.2) is 6.61 Å². The second-order valence-corrected chi connectivity index (χ2v) is 5.85. The minimum Gasteiger partial charge on any atom is -0.489 e. The topological polar surface area (TPSA) is 9.23 Å². The van der Waals surface area contributed by atoms with Crippen LogP contribution in [0.4, 0.5) is 0 Å². The SMILES string of the molecule is C=CCOc1cc(C)ccc1C=C(Br)Br. The Morgan fingerprint density at radius 3 is 2.80 bits per heavy atom. The molecular weight excluding hydrogens is 320 g/mol. The molecule has 0 N–H and O–H groups in total. The molecule has 1 aromatic rings. The van der Waals surface area contributed by atoms with Crippen LogP contribution in [0, 0.1) is 6.92 Å². The lowest BCUT2D eigenvalue weighted by Gasteiger charge is -2.08. The van der Waals surface area contributed by atoms with Gasteiger partial charge in [-0.1, -0.05) is 24.8 Å². The van der Waals surface area contributed by atoms with Gasteiger partial charge in [0, 0.05) is 5.56 Å². The quantitative estimate of drug-likeness (QED) is 0.730. The van der Waals surface area contributed by atoms with Crippen LogP contribution in [0.15, 0.2) is 34.2 Å². The standard InChI is InChI=1S/C12H12Br2O/c1-3-6-15-11-7-9(2)4-5-10(11)8-12(13)14/h3-5,7-8H,1,6H2,2H3. The number of benzene rings is 1. The van der Waals surface area contributed by atoms with Crippen molar-refractivity contribution in [1.82, 2.24) is 0 Å². The summed E-state index contributed by atoms with van der Waals surface area (Å²) in [5.74, 6) is 0.867. The van der Waals surface area contributed by atoms with Crippen LogP contribution in [0.5, 0.6) is 5.75 Å². The third kappa shape index (κ3) is 4.22. The lowest BCUT2D eigenvalue weighted by atomic mass is 10.1. The van der Waals surface area contributed by atoms with Crippen LogP contribution in [0.2, 0.25) is 0 Å². The molecule has 0 amide bonds. The Morgan fingerprint density at radius 2 is 2.20 bits per heavy atom. The molecule has 80 valence electrons. The maximum Gasteiger partial charge on any atom is 0.127 e. The number of rotatable bonds is 4. The van der Waals surface area contributed by atoms with Gasteiger partial charge in [-0.2, -0.15) is 0 Å². The van der Waals surface area contributed by atoms with Crippen molar-refractivity contribution in [3.8, 4) is 5.75 Å². The molecule has 0 atom stereocenters. The molecule has 1 aromatic carbocycles. The Labute approximate surface area is 107 Å². The average molecular weight is 332 g/mol. The third-order valence-electron chi connectivity index (χ3n) is 1.79. The van der Waals surface area contributed by atoms with E-state index in [0.717, 1.165) is 14.7 Å². The summed E-state index contributed by atoms with van der Waals surface area (Å²) < 4.78 is 6.45. The molecule has 1 nitrogen and oxygen atoms in total. The van der Waals surface area contributed by atoms with Gasteiger partial charge in [-0.3, -0.25) is 0 Å². The Hall–Kier alpha value is -0.540. The molecule has 0 unspecified atom stereocenters. The fourth-order valence-electron chi connectivity index (χ4n) is 1.15. The first-order chi connectivity index (χ1) is 7.13. The molecular formula is C12H12Br2O. The lowest BCUT2D eigenvalue weighted by Crippen LogP contribution is -1.95. The van der Waals surface area contributed by atoms with Gasteiger partial charge in [0.2, 0.25) is 0 Å². The molecule has 0 bridgehead atoms. The van der Waals surface area contributed by atoms with E-state index in [1.807, 2.05) is 25.1 Å². The summed E-state index contributed by atoms with van der Waals surface area (Å²) in [6, 6.07) is 6.09. The van der Waals surface area contributed by atoms with Gasteiger partial charge in [-0.25, -0.2) is 0 Å². The van der Waals surface area contributed by atoms with Crippen LogP contribution >= 0.6 is 31.9 Å². The van der Waals surface area contributed by atoms with Crippen molar-refractivity contribution in [2.75, 3.05) is 6.61 Å². The number of hydrogen-bond acceptors (Lipinski definition) is 1. The molecule has 3 heteroatoms. The maximum absolute atomic E-state index is 5.56. The van der Waals surface area contributed by atoms with E-state index in [4.69, 9.17) is 4.74 Å². The fraction of sp³-hybridized carbons (Fsp3) is 0.167. The summed E-state index contributed by atoms with van der Waals surface area (Å²) in [6.07, 6.45) is 3.69. The van der Waals surface area contributed by atoms with Crippen LogP contribution in [-0.2, 0) is 0 Å². The van der Waals surface area contributed by atoms with Crippen LogP contribution in [0.25, 0.3) is 6.08 Å². The summed E-state index contributed by atoms with van der Waals surface area (Å²) in [5.41, 5.74) is 2.21. The van der Waals surface area contributed by atoms with Gasteiger partial charge in [0.25, 0.3) is 0 Å². The Morgan fingerprint density at radius 1 is 1.47 bits per heavy atom. The molecule has 0 aromatic heterocycles. The Balaban J connectivity index is 3.02. The minimum atomic E-state index is 0.518. The molecule has 1 rings (SSSR count). The Bertz CT molecular complexity index is 379. The zero-order valence-corrected chi connectivity index (χ0v) is 11.6. The number of ether oxygens (including phenoxy) is 1. The zero-order chi connectivity index (χ0) is 11.3. The largest absolute Gasteiger partial charge is 0.489 e. The monoisotopic (exact) mass is 330 g/mol. The normalized spacial score (nSPS) is 9.53. The highest BCUT2D eigenvalue weighted by molar-refractivity contribution is 9.28. The molecule has 0 heterocycles. The summed E-state index contributed by atoms with van der Waals surface area (Å²) in [4.78, 5) is 0. The first kappa shape index (κ1) is 12.5. The van der Waals surface area contributed by atoms with Gasteiger partial charge < -0.3 is 4.74 Å². The van der Waals surface area contributed by atoms with Crippen molar-refractivity contribution >= 4 is 37.9 Å². The van der Waals surface area contributed by atoms with Gasteiger partial charge in [0.05, 0.1) is 3.39 Å². The number of hydrogen-bond donors (Lipinski definition) is 0. The predicted octanol–water partition coefficient (Wildman–Crippen LogP) is 4.65. The molecule has 0 spiro atoms. The second kappa shape index (κ2) is 6.13. The highest BCUT2D eigenvalue weighted by Crippen LogP contribution is 2.26. The van der Waals surface area contributed by atoms with E-state index >= 15 is 0 Å². The molecule has 0 radical (unpaired) electrons. The minimum absolute atomic E-state index is 0.518. The summed E-state index contributed by atoms with van der Waals surface area (Å²) in [6.45, 7) is 6.19. The van der Waals surface area contributed by atoms with Crippen LogP contribution < -0.4 is 4.74 Å². The van der Waals surface area contributed by atoms with Gasteiger partial charge in [0.15, 0.2) is 0 Å². The van der Waals surface area contributed by atoms with Crippen molar-refractivity contribution in [2.45, 2.75) is 6.92 Å². The lowest BCUT2D eigenvalue weighted by molar-refractivity contribution is 0.362. The fourth-order valence-corrected chi connectivity index (χ4v) is 1.65. The first-order valence-electron chi connectivity index (χ1n) is 4.50. The van der Waals surface area contributed by atoms with Crippen molar-refractivity contribution in [1.29, 1.82) is 0 Å². The van der Waals surface area contributed by atoms with Gasteiger partial charge in [-0.05, 0) is 56.5 Å². The van der Waals surface area contributed by atoms with Crippen molar-refractivity contribution in [3.05, 3.63) is 45.4 Å². The van der Waals surface area contributed by atoms with Crippen molar-refractivity contribution in [3.63, 3.8) is 0 Å². The van der Waals surface area contributed by atoms with E-state index in [1.54, 1.807) is 6.08 Å². The number of aryl methyl sites for hydroxylation is 1. The summed E-state index contributed by atoms with van der Waals surface area (Å²) in [7, 11) is 0. The van der Waals surface area contributed by atoms with Gasteiger partial charge in [-0.15, -0.1) is 0 Å². The summed E-state index contributed by atoms with van der Waals surface area (Å²) >= 11 is 6.67. The second-order valence-electron chi connectivity index (χ2n) is 3.07. The molecule has 0 fully saturated rings. The van der Waals surface area contributed by atoms with E-state index in [9.17, 15) is 0 Å². The average Bonchev–Trinajstić information content (AvgIpc) is 2.18. The predicted molar refractivity (Wildman–Crippen MR) is 72.7 cm³/mol. The van der Waals surface area contributed by atoms with Crippen molar-refractivity contribution in [2.24, 2.45) is 0 Å². The van der Waals surface area contributed by atoms with E-state index in [2.05, 4.69) is 44.5 Å². The molecule has 0 aliphatic heterocycles. The molecule has 0 aliphatic carbocycles. The van der Waals surface area contributed by atoms with Crippen LogP contribution in [0.3, 0.4) is 0 Å². The van der Waals surface area contributed by atoms with E-state index < -0.39 is 0 Å². The molecule has 0 saturated carbocycles. The highest BCUT2D eigenvalue weighted by Gasteiger charge is 2.01. The molecule has 0 saturated heterocycles. The third-order valence-corrected chi connectivity index (χ3v) is 2.25. The smallest absolute Gasteiger partial charge is 0.127 e. The van der Waals surface area contributed by atoms with Gasteiger partial charge >= 0.3 is 0 Å². The first-order valence-corrected chi connectivity index (χ1v) is 6.09. The Kier molecular flexibility index (Phi) is 5.12. The number of halogens is 2. The highest BCUT2D eigenvalue weighted by atomic mass is 79.9. The van der Waals surface area contributed by atoms with E-state index in [0.29, 0.717) is 6.61 Å². The van der Waals surface area contributed by atoms with E-state index in [-0.39, 0.29) is 0 Å². The van der Waals surface area contributed by atoms with Gasteiger partial charge in [0.1, 0.15) is 12.4 Å². The summed E-state index contributed by atoms with van der Waals surface area (Å²) in [5, 5.41) is 0. The molecule has 0 aliphatic rings. The molecule has 15 heavy (non-hydrogen) atoms. The zero-order valence-electron chi connectivity index (χ0n) is 8.47.